The average Bonchev–Trinajstić information content (AvgIpc) is 2.98. The van der Waals surface area contributed by atoms with Crippen LogP contribution in [0.2, 0.25) is 0 Å². The molecule has 128 valence electrons. The number of hydrogen-bond acceptors (Lipinski definition) is 7. The molecule has 3 rings (SSSR count). The van der Waals surface area contributed by atoms with Crippen LogP contribution in [-0.4, -0.2) is 38.0 Å². The molecule has 0 fully saturated rings. The zero-order valence-electron chi connectivity index (χ0n) is 13.4. The van der Waals surface area contributed by atoms with Gasteiger partial charge in [-0.25, -0.2) is 9.37 Å². The van der Waals surface area contributed by atoms with E-state index in [0.717, 1.165) is 6.07 Å². The topological polar surface area (TPSA) is 121 Å². The van der Waals surface area contributed by atoms with Crippen LogP contribution in [0.1, 0.15) is 10.4 Å². The Morgan fingerprint density at radius 1 is 1.28 bits per heavy atom. The molecule has 3 aromatic rings. The smallest absolute Gasteiger partial charge is 0.257 e. The maximum atomic E-state index is 14.0. The van der Waals surface area contributed by atoms with Crippen LogP contribution < -0.4 is 15.8 Å². The van der Waals surface area contributed by atoms with Crippen LogP contribution in [0, 0.1) is 5.82 Å². The molecule has 0 saturated heterocycles. The fourth-order valence-electron chi connectivity index (χ4n) is 2.16. The Bertz CT molecular complexity index is 941. The summed E-state index contributed by atoms with van der Waals surface area (Å²) >= 11 is 0. The molecule has 3 N–H and O–H groups in total. The lowest BCUT2D eigenvalue weighted by molar-refractivity contribution is 0.102. The van der Waals surface area contributed by atoms with Gasteiger partial charge in [0, 0.05) is 24.2 Å². The fraction of sp³-hybridized carbons (Fsp3) is 0.133. The highest BCUT2D eigenvalue weighted by Crippen LogP contribution is 2.24. The van der Waals surface area contributed by atoms with Crippen molar-refractivity contribution in [2.24, 2.45) is 7.05 Å². The van der Waals surface area contributed by atoms with Crippen molar-refractivity contribution in [1.29, 1.82) is 0 Å². The molecule has 2 aromatic heterocycles. The zero-order chi connectivity index (χ0) is 18.0. The first-order valence-corrected chi connectivity index (χ1v) is 7.12. The summed E-state index contributed by atoms with van der Waals surface area (Å²) in [6.07, 6.45) is 1.52. The second kappa shape index (κ2) is 6.51. The number of methoxy groups -OCH3 is 1. The lowest BCUT2D eigenvalue weighted by Crippen LogP contribution is -2.12. The quantitative estimate of drug-likeness (QED) is 0.731. The molecule has 0 bridgehead atoms. The van der Waals surface area contributed by atoms with E-state index in [-0.39, 0.29) is 23.2 Å². The van der Waals surface area contributed by atoms with Crippen LogP contribution in [0.15, 0.2) is 30.5 Å². The molecule has 0 radical (unpaired) electrons. The summed E-state index contributed by atoms with van der Waals surface area (Å²) < 4.78 is 20.4. The van der Waals surface area contributed by atoms with E-state index in [4.69, 9.17) is 10.5 Å². The van der Waals surface area contributed by atoms with Gasteiger partial charge in [0.15, 0.2) is 5.82 Å². The number of anilines is 2. The Hall–Kier alpha value is -3.56. The number of aromatic nitrogens is 5. The third-order valence-corrected chi connectivity index (χ3v) is 3.23. The molecule has 10 heteroatoms. The van der Waals surface area contributed by atoms with E-state index in [2.05, 4.69) is 25.6 Å². The summed E-state index contributed by atoms with van der Waals surface area (Å²) in [4.78, 5) is 20.2. The van der Waals surface area contributed by atoms with Gasteiger partial charge in [0.25, 0.3) is 5.91 Å². The highest BCUT2D eigenvalue weighted by Gasteiger charge is 2.13. The number of nitrogens with two attached hydrogens (primary N) is 1. The van der Waals surface area contributed by atoms with Crippen LogP contribution in [0.25, 0.3) is 11.3 Å². The monoisotopic (exact) mass is 343 g/mol. The molecule has 0 aliphatic heterocycles. The van der Waals surface area contributed by atoms with E-state index in [0.29, 0.717) is 11.3 Å². The Morgan fingerprint density at radius 2 is 2.08 bits per heavy atom. The summed E-state index contributed by atoms with van der Waals surface area (Å²) in [5.41, 5.74) is 6.40. The highest BCUT2D eigenvalue weighted by atomic mass is 19.1. The number of aryl methyl sites for hydroxylation is 1. The summed E-state index contributed by atoms with van der Waals surface area (Å²) in [6.45, 7) is 0. The minimum absolute atomic E-state index is 0.0239. The predicted octanol–water partition coefficient (Wildman–Crippen LogP) is 1.25. The molecule has 0 aliphatic carbocycles. The molecule has 0 spiro atoms. The van der Waals surface area contributed by atoms with Crippen molar-refractivity contribution < 1.29 is 13.9 Å². The minimum Gasteiger partial charge on any atom is -0.481 e. The number of ether oxygens (including phenoxy) is 1. The van der Waals surface area contributed by atoms with Crippen LogP contribution >= 0.6 is 0 Å². The molecule has 0 unspecified atom stereocenters. The largest absolute Gasteiger partial charge is 0.481 e. The third-order valence-electron chi connectivity index (χ3n) is 3.23. The van der Waals surface area contributed by atoms with Crippen molar-refractivity contribution in [3.05, 3.63) is 41.8 Å². The lowest BCUT2D eigenvalue weighted by atomic mass is 10.1. The molecule has 1 amide bonds. The van der Waals surface area contributed by atoms with Crippen molar-refractivity contribution >= 4 is 17.7 Å². The molecule has 2 heterocycles. The third kappa shape index (κ3) is 3.68. The molecule has 0 atom stereocenters. The number of carbonyl (C=O) groups excluding carboxylic acids is 1. The summed E-state index contributed by atoms with van der Waals surface area (Å²) in [7, 11) is 3.09. The number of nitrogens with zero attached hydrogens (tertiary/aromatic N) is 5. The second-order valence-corrected chi connectivity index (χ2v) is 5.11. The Balaban J connectivity index is 1.95. The number of nitrogens with one attached hydrogen (secondary N) is 1. The van der Waals surface area contributed by atoms with Crippen molar-refractivity contribution in [3.8, 4) is 17.1 Å². The highest BCUT2D eigenvalue weighted by molar-refractivity contribution is 6.04. The number of rotatable bonds is 4. The van der Waals surface area contributed by atoms with E-state index in [1.807, 2.05) is 0 Å². The SMILES string of the molecule is COc1cc(-c2cc(F)cc(C(=O)Nc3cn(C)nn3)c2)nc(N)n1. The number of nitrogen functional groups attached to an aromatic ring is 1. The van der Waals surface area contributed by atoms with E-state index in [1.54, 1.807) is 7.05 Å². The van der Waals surface area contributed by atoms with E-state index in [9.17, 15) is 9.18 Å². The number of carbonyl (C=O) groups is 1. The standard InChI is InChI=1S/C15H14FN7O2/c1-23-7-12(21-22-23)19-14(24)9-3-8(4-10(16)5-9)11-6-13(25-2)20-15(17)18-11/h3-7H,1-2H3,(H,19,24)(H2,17,18,20). The molecular weight excluding hydrogens is 329 g/mol. The molecule has 25 heavy (non-hydrogen) atoms. The van der Waals surface area contributed by atoms with Gasteiger partial charge in [0.2, 0.25) is 11.8 Å². The first kappa shape index (κ1) is 16.3. The number of amides is 1. The molecule has 0 aliphatic rings. The predicted molar refractivity (Wildman–Crippen MR) is 87.3 cm³/mol. The van der Waals surface area contributed by atoms with Gasteiger partial charge in [0.1, 0.15) is 5.82 Å². The van der Waals surface area contributed by atoms with Crippen molar-refractivity contribution in [2.45, 2.75) is 0 Å². The first-order valence-electron chi connectivity index (χ1n) is 7.12. The Kier molecular flexibility index (Phi) is 4.25. The van der Waals surface area contributed by atoms with Gasteiger partial charge in [-0.1, -0.05) is 5.21 Å². The molecule has 9 nitrogen and oxygen atoms in total. The molecular formula is C15H14FN7O2. The number of halogens is 1. The van der Waals surface area contributed by atoms with Gasteiger partial charge < -0.3 is 15.8 Å². The van der Waals surface area contributed by atoms with E-state index < -0.39 is 11.7 Å². The van der Waals surface area contributed by atoms with Gasteiger partial charge in [-0.2, -0.15) is 4.98 Å². The van der Waals surface area contributed by atoms with Crippen LogP contribution in [0.4, 0.5) is 16.2 Å². The van der Waals surface area contributed by atoms with E-state index >= 15 is 0 Å². The van der Waals surface area contributed by atoms with Gasteiger partial charge in [-0.05, 0) is 18.2 Å². The first-order chi connectivity index (χ1) is 11.9. The lowest BCUT2D eigenvalue weighted by Gasteiger charge is -2.08. The maximum Gasteiger partial charge on any atom is 0.257 e. The Morgan fingerprint density at radius 3 is 2.76 bits per heavy atom. The van der Waals surface area contributed by atoms with Gasteiger partial charge >= 0.3 is 0 Å². The van der Waals surface area contributed by atoms with Gasteiger partial charge in [-0.3, -0.25) is 9.48 Å². The normalized spacial score (nSPS) is 10.5. The molecule has 1 aromatic carbocycles. The van der Waals surface area contributed by atoms with Crippen LogP contribution in [-0.2, 0) is 7.05 Å². The Labute approximate surface area is 141 Å². The van der Waals surface area contributed by atoms with Gasteiger partial charge in [0.05, 0.1) is 19.0 Å². The zero-order valence-corrected chi connectivity index (χ0v) is 13.4. The van der Waals surface area contributed by atoms with Crippen molar-refractivity contribution in [2.75, 3.05) is 18.2 Å². The number of hydrogen-bond donors (Lipinski definition) is 2. The minimum atomic E-state index is -0.599. The summed E-state index contributed by atoms with van der Waals surface area (Å²) in [5.74, 6) is -0.666. The average molecular weight is 343 g/mol. The second-order valence-electron chi connectivity index (χ2n) is 5.11. The summed E-state index contributed by atoms with van der Waals surface area (Å²) in [6, 6.07) is 5.32. The molecule has 0 saturated carbocycles. The van der Waals surface area contributed by atoms with Crippen molar-refractivity contribution in [1.82, 2.24) is 25.0 Å². The van der Waals surface area contributed by atoms with Crippen molar-refractivity contribution in [3.63, 3.8) is 0 Å². The van der Waals surface area contributed by atoms with Crippen LogP contribution in [0.5, 0.6) is 5.88 Å². The van der Waals surface area contributed by atoms with E-state index in [1.165, 1.54) is 36.2 Å². The fourth-order valence-corrected chi connectivity index (χ4v) is 2.16. The summed E-state index contributed by atoms with van der Waals surface area (Å²) in [5, 5.41) is 10.00. The maximum absolute atomic E-state index is 14.0. The van der Waals surface area contributed by atoms with Gasteiger partial charge in [-0.15, -0.1) is 5.10 Å². The number of benzene rings is 1. The van der Waals surface area contributed by atoms with Crippen LogP contribution in [0.3, 0.4) is 0 Å².